The second-order valence-electron chi connectivity index (χ2n) is 6.96. The molecule has 148 valence electrons. The molecule has 2 aromatic rings. The molecule has 1 unspecified atom stereocenters. The molecule has 0 aliphatic carbocycles. The van der Waals surface area contributed by atoms with Crippen molar-refractivity contribution in [2.24, 2.45) is 0 Å². The maximum absolute atomic E-state index is 13.1. The molecule has 0 bridgehead atoms. The van der Waals surface area contributed by atoms with Crippen LogP contribution in [-0.4, -0.2) is 55.7 Å². The van der Waals surface area contributed by atoms with Gasteiger partial charge in [-0.15, -0.1) is 0 Å². The van der Waals surface area contributed by atoms with Gasteiger partial charge >= 0.3 is 5.97 Å². The Balaban J connectivity index is 1.94. The largest absolute Gasteiger partial charge is 0.497 e. The van der Waals surface area contributed by atoms with E-state index in [1.165, 1.54) is 12.1 Å². The molecule has 7 heteroatoms. The van der Waals surface area contributed by atoms with Crippen molar-refractivity contribution in [1.29, 1.82) is 0 Å². The maximum Gasteiger partial charge on any atom is 0.335 e. The van der Waals surface area contributed by atoms with Crippen LogP contribution in [0.5, 0.6) is 11.5 Å². The average molecular weight is 384 g/mol. The standard InChI is InChI=1S/C21H24N2O5/c1-22(2)11-10-19-20(24)23(13-14-4-7-16(27-3)8-5-14)17-12-15(21(25)26)6-9-18(17)28-19/h4-9,12,19H,10-11,13H2,1-3H3,(H,25,26). The summed E-state index contributed by atoms with van der Waals surface area (Å²) in [5.74, 6) is 0.0263. The smallest absolute Gasteiger partial charge is 0.335 e. The van der Waals surface area contributed by atoms with Gasteiger partial charge in [0.05, 0.1) is 24.9 Å². The number of benzene rings is 2. The minimum Gasteiger partial charge on any atom is -0.497 e. The third kappa shape index (κ3) is 4.26. The van der Waals surface area contributed by atoms with Crippen molar-refractivity contribution >= 4 is 17.6 Å². The zero-order valence-corrected chi connectivity index (χ0v) is 16.2. The van der Waals surface area contributed by atoms with E-state index in [1.807, 2.05) is 43.3 Å². The summed E-state index contributed by atoms with van der Waals surface area (Å²) in [5.41, 5.74) is 1.50. The molecule has 0 aromatic heterocycles. The Labute approximate surface area is 164 Å². The van der Waals surface area contributed by atoms with Crippen LogP contribution in [0, 0.1) is 0 Å². The second-order valence-corrected chi connectivity index (χ2v) is 6.96. The normalized spacial score (nSPS) is 15.9. The molecule has 2 aromatic carbocycles. The van der Waals surface area contributed by atoms with Gasteiger partial charge in [0.2, 0.25) is 0 Å². The van der Waals surface area contributed by atoms with E-state index >= 15 is 0 Å². The van der Waals surface area contributed by atoms with Crippen LogP contribution in [-0.2, 0) is 11.3 Å². The summed E-state index contributed by atoms with van der Waals surface area (Å²) in [6.07, 6.45) is -0.0609. The molecule has 1 heterocycles. The molecule has 1 atom stereocenters. The van der Waals surface area contributed by atoms with Gasteiger partial charge < -0.3 is 24.4 Å². The highest BCUT2D eigenvalue weighted by atomic mass is 16.5. The van der Waals surface area contributed by atoms with Gasteiger partial charge in [-0.2, -0.15) is 0 Å². The molecule has 0 saturated carbocycles. The minimum absolute atomic E-state index is 0.113. The lowest BCUT2D eigenvalue weighted by Gasteiger charge is -2.35. The summed E-state index contributed by atoms with van der Waals surface area (Å²) in [5, 5.41) is 9.32. The van der Waals surface area contributed by atoms with Crippen LogP contribution < -0.4 is 14.4 Å². The Morgan fingerprint density at radius 1 is 1.21 bits per heavy atom. The molecule has 0 fully saturated rings. The summed E-state index contributed by atoms with van der Waals surface area (Å²) >= 11 is 0. The SMILES string of the molecule is COc1ccc(CN2C(=O)C(CCN(C)C)Oc3ccc(C(=O)O)cc32)cc1. The number of aromatic carboxylic acids is 1. The number of hydrogen-bond donors (Lipinski definition) is 1. The first-order chi connectivity index (χ1) is 13.4. The van der Waals surface area contributed by atoms with Gasteiger partial charge in [-0.25, -0.2) is 4.79 Å². The number of anilines is 1. The van der Waals surface area contributed by atoms with E-state index in [0.29, 0.717) is 30.9 Å². The Morgan fingerprint density at radius 2 is 1.93 bits per heavy atom. The fourth-order valence-electron chi connectivity index (χ4n) is 3.09. The molecule has 7 nitrogen and oxygen atoms in total. The number of carbonyl (C=O) groups is 2. The van der Waals surface area contributed by atoms with Gasteiger partial charge in [-0.05, 0) is 50.0 Å². The number of carboxylic acids is 1. The van der Waals surface area contributed by atoms with Crippen LogP contribution in [0.2, 0.25) is 0 Å². The third-order valence-electron chi connectivity index (χ3n) is 4.65. The van der Waals surface area contributed by atoms with E-state index in [2.05, 4.69) is 0 Å². The van der Waals surface area contributed by atoms with Crippen LogP contribution in [0.15, 0.2) is 42.5 Å². The second kappa shape index (κ2) is 8.31. The summed E-state index contributed by atoms with van der Waals surface area (Å²) in [6.45, 7) is 1.02. The van der Waals surface area contributed by atoms with Crippen LogP contribution in [0.25, 0.3) is 0 Å². The van der Waals surface area contributed by atoms with Crippen molar-refractivity contribution in [3.05, 3.63) is 53.6 Å². The lowest BCUT2D eigenvalue weighted by Crippen LogP contribution is -2.46. The summed E-state index contributed by atoms with van der Waals surface area (Å²) in [6, 6.07) is 12.0. The highest BCUT2D eigenvalue weighted by molar-refractivity contribution is 6.01. The number of ether oxygens (including phenoxy) is 2. The highest BCUT2D eigenvalue weighted by Crippen LogP contribution is 2.36. The van der Waals surface area contributed by atoms with Crippen LogP contribution >= 0.6 is 0 Å². The number of methoxy groups -OCH3 is 1. The number of amides is 1. The lowest BCUT2D eigenvalue weighted by atomic mass is 10.1. The third-order valence-corrected chi connectivity index (χ3v) is 4.65. The summed E-state index contributed by atoms with van der Waals surface area (Å²) < 4.78 is 11.1. The molecule has 1 aliphatic rings. The molecule has 28 heavy (non-hydrogen) atoms. The first-order valence-electron chi connectivity index (χ1n) is 9.02. The summed E-state index contributed by atoms with van der Waals surface area (Å²) in [7, 11) is 5.48. The zero-order chi connectivity index (χ0) is 20.3. The zero-order valence-electron chi connectivity index (χ0n) is 16.2. The average Bonchev–Trinajstić information content (AvgIpc) is 2.68. The van der Waals surface area contributed by atoms with E-state index in [9.17, 15) is 14.7 Å². The fourth-order valence-corrected chi connectivity index (χ4v) is 3.09. The van der Waals surface area contributed by atoms with Crippen LogP contribution in [0.1, 0.15) is 22.3 Å². The number of carbonyl (C=O) groups excluding carboxylic acids is 1. The number of carboxylic acid groups (broad SMARTS) is 1. The van der Waals surface area contributed by atoms with E-state index in [-0.39, 0.29) is 11.5 Å². The van der Waals surface area contributed by atoms with Crippen molar-refractivity contribution in [2.45, 2.75) is 19.1 Å². The van der Waals surface area contributed by atoms with Crippen molar-refractivity contribution in [3.63, 3.8) is 0 Å². The van der Waals surface area contributed by atoms with Crippen molar-refractivity contribution < 1.29 is 24.2 Å². The number of hydrogen-bond acceptors (Lipinski definition) is 5. The van der Waals surface area contributed by atoms with Crippen LogP contribution in [0.3, 0.4) is 0 Å². The predicted molar refractivity (Wildman–Crippen MR) is 105 cm³/mol. The Bertz CT molecular complexity index is 864. The monoisotopic (exact) mass is 384 g/mol. The minimum atomic E-state index is -1.05. The molecule has 0 spiro atoms. The molecular weight excluding hydrogens is 360 g/mol. The van der Waals surface area contributed by atoms with Gasteiger partial charge in [-0.1, -0.05) is 12.1 Å². The lowest BCUT2D eigenvalue weighted by molar-refractivity contribution is -0.126. The molecule has 3 rings (SSSR count). The van der Waals surface area contributed by atoms with Gasteiger partial charge in [0, 0.05) is 13.0 Å². The number of rotatable bonds is 7. The number of nitrogens with zero attached hydrogens (tertiary/aromatic N) is 2. The van der Waals surface area contributed by atoms with E-state index < -0.39 is 12.1 Å². The van der Waals surface area contributed by atoms with Gasteiger partial charge in [0.1, 0.15) is 11.5 Å². The van der Waals surface area contributed by atoms with Crippen molar-refractivity contribution in [1.82, 2.24) is 4.90 Å². The van der Waals surface area contributed by atoms with Crippen molar-refractivity contribution in [2.75, 3.05) is 32.6 Å². The van der Waals surface area contributed by atoms with Gasteiger partial charge in [0.15, 0.2) is 6.10 Å². The predicted octanol–water partition coefficient (Wildman–Crippen LogP) is 2.64. The first-order valence-corrected chi connectivity index (χ1v) is 9.02. The highest BCUT2D eigenvalue weighted by Gasteiger charge is 2.34. The molecular formula is C21H24N2O5. The molecule has 1 aliphatic heterocycles. The molecule has 0 saturated heterocycles. The Kier molecular flexibility index (Phi) is 5.84. The fraction of sp³-hybridized carbons (Fsp3) is 0.333. The Morgan fingerprint density at radius 3 is 2.54 bits per heavy atom. The number of fused-ring (bicyclic) bond motifs is 1. The molecule has 1 N–H and O–H groups in total. The van der Waals surface area contributed by atoms with Gasteiger partial charge in [-0.3, -0.25) is 4.79 Å². The maximum atomic E-state index is 13.1. The first kappa shape index (κ1) is 19.7. The van der Waals surface area contributed by atoms with Crippen molar-refractivity contribution in [3.8, 4) is 11.5 Å². The molecule has 1 amide bonds. The van der Waals surface area contributed by atoms with E-state index in [1.54, 1.807) is 18.1 Å². The Hall–Kier alpha value is -3.06. The van der Waals surface area contributed by atoms with Gasteiger partial charge in [0.25, 0.3) is 5.91 Å². The topological polar surface area (TPSA) is 79.3 Å². The molecule has 0 radical (unpaired) electrons. The van der Waals surface area contributed by atoms with E-state index in [0.717, 1.165) is 11.3 Å². The van der Waals surface area contributed by atoms with E-state index in [4.69, 9.17) is 9.47 Å². The quantitative estimate of drug-likeness (QED) is 0.791. The van der Waals surface area contributed by atoms with Crippen LogP contribution in [0.4, 0.5) is 5.69 Å². The summed E-state index contributed by atoms with van der Waals surface area (Å²) in [4.78, 5) is 28.1.